The standard InChI is InChI=1S/C15H13Cl2N3O2/c16-10-5-6-15(12(17)7-10)22-9-11(21)8-20-14-4-2-1-3-13(14)18-19-20/h1-7,11,21H,8-9H2. The summed E-state index contributed by atoms with van der Waals surface area (Å²) in [7, 11) is 0. The average molecular weight is 338 g/mol. The van der Waals surface area contributed by atoms with Crippen LogP contribution in [-0.2, 0) is 6.54 Å². The van der Waals surface area contributed by atoms with Gasteiger partial charge in [-0.25, -0.2) is 4.68 Å². The van der Waals surface area contributed by atoms with Gasteiger partial charge in [0.1, 0.15) is 24.0 Å². The second-order valence-electron chi connectivity index (χ2n) is 4.80. The summed E-state index contributed by atoms with van der Waals surface area (Å²) in [6.07, 6.45) is -0.739. The summed E-state index contributed by atoms with van der Waals surface area (Å²) in [6, 6.07) is 12.5. The van der Waals surface area contributed by atoms with Gasteiger partial charge in [-0.1, -0.05) is 40.5 Å². The number of fused-ring (bicyclic) bond motifs is 1. The molecule has 3 aromatic rings. The molecule has 0 amide bonds. The zero-order valence-corrected chi connectivity index (χ0v) is 13.0. The van der Waals surface area contributed by atoms with Crippen molar-refractivity contribution < 1.29 is 9.84 Å². The predicted octanol–water partition coefficient (Wildman–Crippen LogP) is 3.18. The maximum absolute atomic E-state index is 10.1. The van der Waals surface area contributed by atoms with E-state index in [1.807, 2.05) is 24.3 Å². The minimum absolute atomic E-state index is 0.0928. The molecule has 0 aliphatic carbocycles. The van der Waals surface area contributed by atoms with Crippen LogP contribution in [0.15, 0.2) is 42.5 Å². The molecule has 0 radical (unpaired) electrons. The minimum atomic E-state index is -0.739. The molecule has 0 aliphatic rings. The Hall–Kier alpha value is -1.82. The fourth-order valence-corrected chi connectivity index (χ4v) is 2.55. The molecule has 0 bridgehead atoms. The van der Waals surface area contributed by atoms with Crippen molar-refractivity contribution in [3.8, 4) is 5.75 Å². The molecule has 7 heteroatoms. The van der Waals surface area contributed by atoms with Crippen molar-refractivity contribution in [2.75, 3.05) is 6.61 Å². The summed E-state index contributed by atoms with van der Waals surface area (Å²) < 4.78 is 7.16. The molecule has 3 rings (SSSR count). The molecule has 1 atom stereocenters. The molecule has 1 N–H and O–H groups in total. The Labute approximate surface area is 137 Å². The quantitative estimate of drug-likeness (QED) is 0.776. The Balaban J connectivity index is 1.64. The third-order valence-corrected chi connectivity index (χ3v) is 3.66. The van der Waals surface area contributed by atoms with Gasteiger partial charge in [0.2, 0.25) is 0 Å². The van der Waals surface area contributed by atoms with E-state index in [2.05, 4.69) is 10.3 Å². The summed E-state index contributed by atoms with van der Waals surface area (Å²) >= 11 is 11.8. The fourth-order valence-electron chi connectivity index (χ4n) is 2.08. The van der Waals surface area contributed by atoms with E-state index in [9.17, 15) is 5.11 Å². The third kappa shape index (κ3) is 3.32. The van der Waals surface area contributed by atoms with E-state index in [1.54, 1.807) is 22.9 Å². The lowest BCUT2D eigenvalue weighted by Gasteiger charge is -2.13. The van der Waals surface area contributed by atoms with Crippen molar-refractivity contribution in [3.63, 3.8) is 0 Å². The van der Waals surface area contributed by atoms with Crippen LogP contribution in [0.2, 0.25) is 10.0 Å². The Morgan fingerprint density at radius 2 is 2.00 bits per heavy atom. The number of hydrogen-bond acceptors (Lipinski definition) is 4. The van der Waals surface area contributed by atoms with Gasteiger partial charge < -0.3 is 9.84 Å². The number of halogens is 2. The number of para-hydroxylation sites is 1. The fraction of sp³-hybridized carbons (Fsp3) is 0.200. The molecule has 0 aliphatic heterocycles. The number of rotatable bonds is 5. The monoisotopic (exact) mass is 337 g/mol. The van der Waals surface area contributed by atoms with E-state index in [0.29, 0.717) is 15.8 Å². The summed E-state index contributed by atoms with van der Waals surface area (Å²) in [5.41, 5.74) is 1.66. The summed E-state index contributed by atoms with van der Waals surface area (Å²) in [5, 5.41) is 19.1. The molecular weight excluding hydrogens is 325 g/mol. The zero-order valence-electron chi connectivity index (χ0n) is 11.5. The summed E-state index contributed by atoms with van der Waals surface area (Å²) in [6.45, 7) is 0.376. The van der Waals surface area contributed by atoms with E-state index in [4.69, 9.17) is 27.9 Å². The van der Waals surface area contributed by atoms with Crippen LogP contribution in [0.5, 0.6) is 5.75 Å². The first kappa shape index (κ1) is 15.1. The largest absolute Gasteiger partial charge is 0.489 e. The van der Waals surface area contributed by atoms with Crippen molar-refractivity contribution in [1.82, 2.24) is 15.0 Å². The molecule has 0 saturated carbocycles. The number of aliphatic hydroxyl groups excluding tert-OH is 1. The Morgan fingerprint density at radius 3 is 2.82 bits per heavy atom. The topological polar surface area (TPSA) is 60.2 Å². The lowest BCUT2D eigenvalue weighted by Crippen LogP contribution is -2.24. The van der Waals surface area contributed by atoms with E-state index >= 15 is 0 Å². The minimum Gasteiger partial charge on any atom is -0.489 e. The number of ether oxygens (including phenoxy) is 1. The second-order valence-corrected chi connectivity index (χ2v) is 5.64. The van der Waals surface area contributed by atoms with Crippen LogP contribution in [0.4, 0.5) is 0 Å². The van der Waals surface area contributed by atoms with Gasteiger partial charge in [-0.05, 0) is 30.3 Å². The van der Waals surface area contributed by atoms with Crippen LogP contribution in [0.3, 0.4) is 0 Å². The molecule has 1 heterocycles. The van der Waals surface area contributed by atoms with Crippen molar-refractivity contribution in [1.29, 1.82) is 0 Å². The zero-order chi connectivity index (χ0) is 15.5. The number of aliphatic hydroxyl groups is 1. The van der Waals surface area contributed by atoms with Gasteiger partial charge in [0.05, 0.1) is 17.1 Å². The molecule has 0 saturated heterocycles. The molecule has 0 fully saturated rings. The highest BCUT2D eigenvalue weighted by molar-refractivity contribution is 6.35. The van der Waals surface area contributed by atoms with Crippen LogP contribution in [0, 0.1) is 0 Å². The molecule has 5 nitrogen and oxygen atoms in total. The normalized spacial score (nSPS) is 12.5. The average Bonchev–Trinajstić information content (AvgIpc) is 2.90. The number of aromatic nitrogens is 3. The smallest absolute Gasteiger partial charge is 0.138 e. The Kier molecular flexibility index (Phi) is 4.47. The van der Waals surface area contributed by atoms with E-state index in [-0.39, 0.29) is 13.2 Å². The molecule has 22 heavy (non-hydrogen) atoms. The van der Waals surface area contributed by atoms with Crippen molar-refractivity contribution in [2.24, 2.45) is 0 Å². The van der Waals surface area contributed by atoms with Crippen LogP contribution < -0.4 is 4.74 Å². The highest BCUT2D eigenvalue weighted by atomic mass is 35.5. The van der Waals surface area contributed by atoms with Crippen LogP contribution >= 0.6 is 23.2 Å². The SMILES string of the molecule is OC(COc1ccc(Cl)cc1Cl)Cn1nnc2ccccc21. The maximum Gasteiger partial charge on any atom is 0.138 e. The molecule has 114 valence electrons. The van der Waals surface area contributed by atoms with Crippen LogP contribution in [0.25, 0.3) is 11.0 Å². The van der Waals surface area contributed by atoms with Gasteiger partial charge in [0.15, 0.2) is 0 Å². The molecule has 2 aromatic carbocycles. The lowest BCUT2D eigenvalue weighted by molar-refractivity contribution is 0.0900. The van der Waals surface area contributed by atoms with Crippen molar-refractivity contribution >= 4 is 34.2 Å². The Morgan fingerprint density at radius 1 is 1.18 bits per heavy atom. The van der Waals surface area contributed by atoms with Gasteiger partial charge in [-0.15, -0.1) is 5.10 Å². The highest BCUT2D eigenvalue weighted by Crippen LogP contribution is 2.27. The van der Waals surface area contributed by atoms with E-state index in [0.717, 1.165) is 11.0 Å². The maximum atomic E-state index is 10.1. The second kappa shape index (κ2) is 6.52. The van der Waals surface area contributed by atoms with Gasteiger partial charge in [-0.3, -0.25) is 0 Å². The summed E-state index contributed by atoms with van der Waals surface area (Å²) in [4.78, 5) is 0. The van der Waals surface area contributed by atoms with E-state index < -0.39 is 6.10 Å². The number of hydrogen-bond donors (Lipinski definition) is 1. The summed E-state index contributed by atoms with van der Waals surface area (Å²) in [5.74, 6) is 0.480. The first-order valence-corrected chi connectivity index (χ1v) is 7.43. The molecule has 1 aromatic heterocycles. The van der Waals surface area contributed by atoms with Gasteiger partial charge >= 0.3 is 0 Å². The first-order valence-electron chi connectivity index (χ1n) is 6.67. The predicted molar refractivity (Wildman–Crippen MR) is 85.5 cm³/mol. The van der Waals surface area contributed by atoms with Crippen molar-refractivity contribution in [2.45, 2.75) is 12.6 Å². The van der Waals surface area contributed by atoms with Gasteiger partial charge in [-0.2, -0.15) is 0 Å². The molecular formula is C15H13Cl2N3O2. The number of nitrogens with zero attached hydrogens (tertiary/aromatic N) is 3. The van der Waals surface area contributed by atoms with Gasteiger partial charge in [0, 0.05) is 5.02 Å². The van der Waals surface area contributed by atoms with Crippen molar-refractivity contribution in [3.05, 3.63) is 52.5 Å². The lowest BCUT2D eigenvalue weighted by atomic mass is 10.3. The number of benzene rings is 2. The molecule has 1 unspecified atom stereocenters. The Bertz CT molecular complexity index is 791. The third-order valence-electron chi connectivity index (χ3n) is 3.13. The van der Waals surface area contributed by atoms with Gasteiger partial charge in [0.25, 0.3) is 0 Å². The van der Waals surface area contributed by atoms with Crippen LogP contribution in [-0.4, -0.2) is 32.8 Å². The molecule has 0 spiro atoms. The highest BCUT2D eigenvalue weighted by Gasteiger charge is 2.11. The first-order chi connectivity index (χ1) is 10.6. The van der Waals surface area contributed by atoms with Crippen LogP contribution in [0.1, 0.15) is 0 Å². The van der Waals surface area contributed by atoms with E-state index in [1.165, 1.54) is 0 Å².